The number of furan rings is 1. The summed E-state index contributed by atoms with van der Waals surface area (Å²) in [5.41, 5.74) is -0.275. The van der Waals surface area contributed by atoms with Gasteiger partial charge in [0.25, 0.3) is 0 Å². The number of urea groups is 1. The lowest BCUT2D eigenvalue weighted by Gasteiger charge is -2.22. The highest BCUT2D eigenvalue weighted by molar-refractivity contribution is 5.88. The predicted octanol–water partition coefficient (Wildman–Crippen LogP) is 2.17. The third-order valence-corrected chi connectivity index (χ3v) is 2.68. The van der Waals surface area contributed by atoms with Crippen LogP contribution in [0.25, 0.3) is 0 Å². The number of carbonyl (C=O) groups is 1. The Kier molecular flexibility index (Phi) is 3.79. The minimum Gasteiger partial charge on any atom is -0.469 e. The van der Waals surface area contributed by atoms with Gasteiger partial charge in [-0.05, 0) is 12.1 Å². The fraction of sp³-hybridized carbons (Fsp3) is 0.308. The maximum Gasteiger partial charge on any atom is 0.320 e. The van der Waals surface area contributed by atoms with E-state index in [0.29, 0.717) is 12.4 Å². The molecule has 0 aliphatic heterocycles. The van der Waals surface area contributed by atoms with Gasteiger partial charge in [-0.1, -0.05) is 13.8 Å². The zero-order chi connectivity index (χ0) is 13.7. The van der Waals surface area contributed by atoms with Gasteiger partial charge in [0.1, 0.15) is 5.76 Å². The summed E-state index contributed by atoms with van der Waals surface area (Å²) < 4.78 is 5.35. The van der Waals surface area contributed by atoms with E-state index in [0.717, 1.165) is 5.76 Å². The average molecular weight is 260 g/mol. The standard InChI is InChI=1S/C13H16N4O2/c1-13(2,10-4-3-7-19-10)9-16-12(18)17-11-8-14-5-6-15-11/h3-8H,9H2,1-2H3,(H2,15,16,17,18). The van der Waals surface area contributed by atoms with Gasteiger partial charge in [0.15, 0.2) is 5.82 Å². The topological polar surface area (TPSA) is 80.0 Å². The largest absolute Gasteiger partial charge is 0.469 e. The van der Waals surface area contributed by atoms with Crippen LogP contribution in [0.1, 0.15) is 19.6 Å². The van der Waals surface area contributed by atoms with Crippen LogP contribution >= 0.6 is 0 Å². The minimum absolute atomic E-state index is 0.275. The lowest BCUT2D eigenvalue weighted by atomic mass is 9.90. The number of rotatable bonds is 4. The SMILES string of the molecule is CC(C)(CNC(=O)Nc1cnccn1)c1ccco1. The summed E-state index contributed by atoms with van der Waals surface area (Å²) in [5.74, 6) is 1.24. The Morgan fingerprint density at radius 3 is 2.89 bits per heavy atom. The van der Waals surface area contributed by atoms with Crippen molar-refractivity contribution >= 4 is 11.8 Å². The molecule has 2 aromatic heterocycles. The van der Waals surface area contributed by atoms with Crippen molar-refractivity contribution in [1.82, 2.24) is 15.3 Å². The minimum atomic E-state index is -0.319. The second-order valence-electron chi connectivity index (χ2n) is 4.76. The van der Waals surface area contributed by atoms with E-state index >= 15 is 0 Å². The fourth-order valence-electron chi connectivity index (χ4n) is 1.58. The van der Waals surface area contributed by atoms with E-state index in [4.69, 9.17) is 4.42 Å². The van der Waals surface area contributed by atoms with E-state index in [1.807, 2.05) is 26.0 Å². The van der Waals surface area contributed by atoms with Crippen molar-refractivity contribution in [2.24, 2.45) is 0 Å². The predicted molar refractivity (Wildman–Crippen MR) is 70.8 cm³/mol. The summed E-state index contributed by atoms with van der Waals surface area (Å²) in [4.78, 5) is 19.5. The van der Waals surface area contributed by atoms with E-state index in [9.17, 15) is 4.79 Å². The van der Waals surface area contributed by atoms with Crippen molar-refractivity contribution in [3.8, 4) is 0 Å². The van der Waals surface area contributed by atoms with Gasteiger partial charge in [-0.15, -0.1) is 0 Å². The van der Waals surface area contributed by atoms with E-state index < -0.39 is 0 Å². The van der Waals surface area contributed by atoms with Crippen LogP contribution in [0.15, 0.2) is 41.4 Å². The number of carbonyl (C=O) groups excluding carboxylic acids is 1. The Morgan fingerprint density at radius 2 is 2.26 bits per heavy atom. The van der Waals surface area contributed by atoms with Crippen LogP contribution in [0, 0.1) is 0 Å². The highest BCUT2D eigenvalue weighted by Gasteiger charge is 2.24. The smallest absolute Gasteiger partial charge is 0.320 e. The summed E-state index contributed by atoms with van der Waals surface area (Å²) in [6.45, 7) is 4.44. The summed E-state index contributed by atoms with van der Waals surface area (Å²) in [5, 5.41) is 5.39. The number of hydrogen-bond acceptors (Lipinski definition) is 4. The zero-order valence-corrected chi connectivity index (χ0v) is 10.9. The molecule has 0 atom stereocenters. The molecule has 0 aromatic carbocycles. The van der Waals surface area contributed by atoms with Crippen LogP contribution in [0.2, 0.25) is 0 Å². The van der Waals surface area contributed by atoms with Gasteiger partial charge in [0, 0.05) is 24.4 Å². The molecule has 0 aliphatic carbocycles. The second kappa shape index (κ2) is 5.51. The molecule has 2 amide bonds. The highest BCUT2D eigenvalue weighted by atomic mass is 16.3. The van der Waals surface area contributed by atoms with Crippen molar-refractivity contribution in [2.45, 2.75) is 19.3 Å². The number of nitrogens with one attached hydrogen (secondary N) is 2. The molecule has 2 rings (SSSR count). The first-order chi connectivity index (χ1) is 9.08. The number of nitrogens with zero attached hydrogens (tertiary/aromatic N) is 2. The molecule has 0 fully saturated rings. The number of amides is 2. The van der Waals surface area contributed by atoms with Crippen LogP contribution in [0.5, 0.6) is 0 Å². The van der Waals surface area contributed by atoms with Crippen LogP contribution in [-0.4, -0.2) is 22.5 Å². The maximum absolute atomic E-state index is 11.7. The van der Waals surface area contributed by atoms with E-state index in [1.165, 1.54) is 12.4 Å². The fourth-order valence-corrected chi connectivity index (χ4v) is 1.58. The average Bonchev–Trinajstić information content (AvgIpc) is 2.92. The van der Waals surface area contributed by atoms with Crippen molar-refractivity contribution < 1.29 is 9.21 Å². The summed E-state index contributed by atoms with van der Waals surface area (Å²) in [6, 6.07) is 3.40. The molecule has 2 N–H and O–H groups in total. The third-order valence-electron chi connectivity index (χ3n) is 2.68. The van der Waals surface area contributed by atoms with Gasteiger partial charge in [-0.2, -0.15) is 0 Å². The normalized spacial score (nSPS) is 11.1. The first-order valence-corrected chi connectivity index (χ1v) is 5.93. The molecule has 0 radical (unpaired) electrons. The van der Waals surface area contributed by atoms with Crippen molar-refractivity contribution in [2.75, 3.05) is 11.9 Å². The highest BCUT2D eigenvalue weighted by Crippen LogP contribution is 2.22. The molecule has 2 heterocycles. The van der Waals surface area contributed by atoms with Crippen LogP contribution in [0.3, 0.4) is 0 Å². The molecule has 0 saturated heterocycles. The first-order valence-electron chi connectivity index (χ1n) is 5.93. The van der Waals surface area contributed by atoms with E-state index in [1.54, 1.807) is 12.5 Å². The lowest BCUT2D eigenvalue weighted by molar-refractivity contribution is 0.248. The monoisotopic (exact) mass is 260 g/mol. The summed E-state index contributed by atoms with van der Waals surface area (Å²) in [7, 11) is 0. The maximum atomic E-state index is 11.7. The van der Waals surface area contributed by atoms with Gasteiger partial charge < -0.3 is 9.73 Å². The van der Waals surface area contributed by atoms with E-state index in [-0.39, 0.29) is 11.4 Å². The Bertz CT molecular complexity index is 523. The molecule has 0 unspecified atom stereocenters. The van der Waals surface area contributed by atoms with Gasteiger partial charge in [0.2, 0.25) is 0 Å². The van der Waals surface area contributed by atoms with Gasteiger partial charge in [-0.25, -0.2) is 9.78 Å². The number of hydrogen-bond donors (Lipinski definition) is 2. The number of anilines is 1. The quantitative estimate of drug-likeness (QED) is 0.882. The Morgan fingerprint density at radius 1 is 1.42 bits per heavy atom. The molecule has 0 saturated carbocycles. The molecular weight excluding hydrogens is 244 g/mol. The van der Waals surface area contributed by atoms with Crippen molar-refractivity contribution in [3.05, 3.63) is 42.7 Å². The van der Waals surface area contributed by atoms with Crippen molar-refractivity contribution in [1.29, 1.82) is 0 Å². The van der Waals surface area contributed by atoms with Crippen LogP contribution in [-0.2, 0) is 5.41 Å². The van der Waals surface area contributed by atoms with Crippen LogP contribution in [0.4, 0.5) is 10.6 Å². The first kappa shape index (κ1) is 13.1. The molecule has 0 spiro atoms. The molecular formula is C13H16N4O2. The van der Waals surface area contributed by atoms with Crippen molar-refractivity contribution in [3.63, 3.8) is 0 Å². The van der Waals surface area contributed by atoms with E-state index in [2.05, 4.69) is 20.6 Å². The van der Waals surface area contributed by atoms with Crippen LogP contribution < -0.4 is 10.6 Å². The molecule has 6 nitrogen and oxygen atoms in total. The number of aromatic nitrogens is 2. The molecule has 2 aromatic rings. The Labute approximate surface area is 111 Å². The molecule has 0 aliphatic rings. The molecule has 19 heavy (non-hydrogen) atoms. The van der Waals surface area contributed by atoms with Gasteiger partial charge in [0.05, 0.1) is 12.5 Å². The van der Waals surface area contributed by atoms with Gasteiger partial charge in [-0.3, -0.25) is 10.3 Å². The lowest BCUT2D eigenvalue weighted by Crippen LogP contribution is -2.38. The summed E-state index contributed by atoms with van der Waals surface area (Å²) >= 11 is 0. The van der Waals surface area contributed by atoms with Gasteiger partial charge >= 0.3 is 6.03 Å². The molecule has 6 heteroatoms. The zero-order valence-electron chi connectivity index (χ0n) is 10.9. The second-order valence-corrected chi connectivity index (χ2v) is 4.76. The third kappa shape index (κ3) is 3.54. The molecule has 0 bridgehead atoms. The summed E-state index contributed by atoms with van der Waals surface area (Å²) in [6.07, 6.45) is 6.17. The Hall–Kier alpha value is -2.37. The molecule has 100 valence electrons. The Balaban J connectivity index is 1.87.